The lowest BCUT2D eigenvalue weighted by atomic mass is 9.98. The molecule has 0 N–H and O–H groups in total. The van der Waals surface area contributed by atoms with Gasteiger partial charge in [0.15, 0.2) is 12.1 Å². The highest BCUT2D eigenvalue weighted by Crippen LogP contribution is 2.40. The average Bonchev–Trinajstić information content (AvgIpc) is 3.27. The van der Waals surface area contributed by atoms with E-state index in [-0.39, 0.29) is 24.4 Å². The highest BCUT2D eigenvalue weighted by Gasteiger charge is 2.57. The lowest BCUT2D eigenvalue weighted by Crippen LogP contribution is -2.40. The molecule has 142 valence electrons. The first-order valence-electron chi connectivity index (χ1n) is 8.88. The summed E-state index contributed by atoms with van der Waals surface area (Å²) in [5.74, 6) is 0.178. The predicted molar refractivity (Wildman–Crippen MR) is 93.1 cm³/mol. The molecule has 1 unspecified atom stereocenters. The first-order chi connectivity index (χ1) is 12.5. The summed E-state index contributed by atoms with van der Waals surface area (Å²) in [5, 5.41) is 4.27. The summed E-state index contributed by atoms with van der Waals surface area (Å²) in [4.78, 5) is 5.63. The average molecular weight is 363 g/mol. The van der Waals surface area contributed by atoms with Crippen molar-refractivity contribution in [1.29, 1.82) is 0 Å². The minimum atomic E-state index is -0.665. The molecule has 0 bridgehead atoms. The summed E-state index contributed by atoms with van der Waals surface area (Å²) in [6, 6.07) is 7.98. The molecule has 3 heterocycles. The summed E-state index contributed by atoms with van der Waals surface area (Å²) in [7, 11) is 3.32. The van der Waals surface area contributed by atoms with Gasteiger partial charge in [0.05, 0.1) is 12.8 Å². The fourth-order valence-electron chi connectivity index (χ4n) is 3.76. The second-order valence-corrected chi connectivity index (χ2v) is 7.29. The summed E-state index contributed by atoms with van der Waals surface area (Å²) >= 11 is 0. The van der Waals surface area contributed by atoms with Gasteiger partial charge in [-0.25, -0.2) is 0 Å². The van der Waals surface area contributed by atoms with E-state index in [4.69, 9.17) is 28.5 Å². The maximum atomic E-state index is 6.04. The van der Waals surface area contributed by atoms with Crippen molar-refractivity contribution in [1.82, 2.24) is 0 Å². The van der Waals surface area contributed by atoms with Crippen molar-refractivity contribution >= 4 is 5.71 Å². The molecule has 26 heavy (non-hydrogen) atoms. The second kappa shape index (κ2) is 6.81. The van der Waals surface area contributed by atoms with Gasteiger partial charge in [0.1, 0.15) is 30.2 Å². The number of fused-ring (bicyclic) bond motifs is 1. The Bertz CT molecular complexity index is 673. The topological polar surface area (TPSA) is 67.7 Å². The molecule has 2 fully saturated rings. The van der Waals surface area contributed by atoms with Crippen molar-refractivity contribution in [3.8, 4) is 5.75 Å². The Kier molecular flexibility index (Phi) is 4.64. The Balaban J connectivity index is 1.37. The van der Waals surface area contributed by atoms with Crippen LogP contribution in [0.25, 0.3) is 0 Å². The molecule has 3 aliphatic rings. The van der Waals surface area contributed by atoms with Gasteiger partial charge in [0.25, 0.3) is 0 Å². The van der Waals surface area contributed by atoms with Crippen molar-refractivity contribution in [2.75, 3.05) is 14.2 Å². The summed E-state index contributed by atoms with van der Waals surface area (Å²) in [5.41, 5.74) is 2.02. The number of benzene rings is 1. The van der Waals surface area contributed by atoms with E-state index in [0.29, 0.717) is 6.42 Å². The standard InChI is InChI=1S/C19H25NO6/c1-19(2)24-17-16(22-4)15(23-18(17)25-19)14-10-13(26-20-14)9-11-5-7-12(21-3)8-6-11/h5-8,13,15-18H,9-10H2,1-4H3/t13?,15-,16+,17-,18-/m1/s1. The predicted octanol–water partition coefficient (Wildman–Crippen LogP) is 2.27. The van der Waals surface area contributed by atoms with Crippen LogP contribution in [0.2, 0.25) is 0 Å². The van der Waals surface area contributed by atoms with Crippen molar-refractivity contribution in [3.63, 3.8) is 0 Å². The minimum Gasteiger partial charge on any atom is -0.497 e. The fraction of sp³-hybridized carbons (Fsp3) is 0.632. The minimum absolute atomic E-state index is 0.0155. The third-order valence-corrected chi connectivity index (χ3v) is 4.97. The molecule has 7 heteroatoms. The first kappa shape index (κ1) is 17.7. The summed E-state index contributed by atoms with van der Waals surface area (Å²) in [6.07, 6.45) is 0.175. The lowest BCUT2D eigenvalue weighted by molar-refractivity contribution is -0.208. The molecule has 2 saturated heterocycles. The Morgan fingerprint density at radius 3 is 2.62 bits per heavy atom. The van der Waals surface area contributed by atoms with Crippen molar-refractivity contribution in [3.05, 3.63) is 29.8 Å². The lowest BCUT2D eigenvalue weighted by Gasteiger charge is -2.24. The summed E-state index contributed by atoms with van der Waals surface area (Å²) < 4.78 is 28.6. The van der Waals surface area contributed by atoms with Gasteiger partial charge in [-0.3, -0.25) is 0 Å². The zero-order chi connectivity index (χ0) is 18.3. The van der Waals surface area contributed by atoms with Crippen LogP contribution in [0.4, 0.5) is 0 Å². The molecule has 4 rings (SSSR count). The highest BCUT2D eigenvalue weighted by atomic mass is 16.8. The second-order valence-electron chi connectivity index (χ2n) is 7.29. The Morgan fingerprint density at radius 2 is 1.92 bits per heavy atom. The Hall–Kier alpha value is -1.67. The van der Waals surface area contributed by atoms with E-state index in [1.54, 1.807) is 14.2 Å². The van der Waals surface area contributed by atoms with E-state index in [9.17, 15) is 0 Å². The third kappa shape index (κ3) is 3.32. The van der Waals surface area contributed by atoms with Crippen LogP contribution in [-0.4, -0.2) is 56.4 Å². The molecule has 7 nitrogen and oxygen atoms in total. The van der Waals surface area contributed by atoms with Crippen LogP contribution in [0, 0.1) is 0 Å². The molecule has 1 aromatic rings. The maximum absolute atomic E-state index is 6.04. The Labute approximate surface area is 153 Å². The molecule has 0 aromatic heterocycles. The Morgan fingerprint density at radius 1 is 1.15 bits per heavy atom. The van der Waals surface area contributed by atoms with Crippen molar-refractivity contribution in [2.45, 2.75) is 63.2 Å². The molecule has 0 spiro atoms. The molecular weight excluding hydrogens is 338 g/mol. The number of hydrogen-bond acceptors (Lipinski definition) is 7. The monoisotopic (exact) mass is 363 g/mol. The molecule has 3 aliphatic heterocycles. The molecular formula is C19H25NO6. The van der Waals surface area contributed by atoms with E-state index in [0.717, 1.165) is 17.9 Å². The van der Waals surface area contributed by atoms with E-state index in [1.165, 1.54) is 5.56 Å². The van der Waals surface area contributed by atoms with Crippen LogP contribution in [0.1, 0.15) is 25.8 Å². The number of oxime groups is 1. The van der Waals surface area contributed by atoms with Gasteiger partial charge in [0, 0.05) is 20.0 Å². The number of methoxy groups -OCH3 is 2. The van der Waals surface area contributed by atoms with Crippen LogP contribution in [-0.2, 0) is 30.2 Å². The van der Waals surface area contributed by atoms with E-state index in [2.05, 4.69) is 5.16 Å². The zero-order valence-electron chi connectivity index (χ0n) is 15.5. The van der Waals surface area contributed by atoms with E-state index in [1.807, 2.05) is 38.1 Å². The van der Waals surface area contributed by atoms with Crippen LogP contribution in [0.15, 0.2) is 29.4 Å². The number of hydrogen-bond donors (Lipinski definition) is 0. The largest absolute Gasteiger partial charge is 0.497 e. The maximum Gasteiger partial charge on any atom is 0.190 e. The van der Waals surface area contributed by atoms with Crippen LogP contribution in [0.5, 0.6) is 5.75 Å². The third-order valence-electron chi connectivity index (χ3n) is 4.97. The van der Waals surface area contributed by atoms with Crippen LogP contribution in [0.3, 0.4) is 0 Å². The smallest absolute Gasteiger partial charge is 0.190 e. The van der Waals surface area contributed by atoms with Gasteiger partial charge in [-0.15, -0.1) is 0 Å². The molecule has 0 radical (unpaired) electrons. The fourth-order valence-corrected chi connectivity index (χ4v) is 3.76. The van der Waals surface area contributed by atoms with Gasteiger partial charge in [-0.1, -0.05) is 17.3 Å². The van der Waals surface area contributed by atoms with Crippen LogP contribution < -0.4 is 4.74 Å². The van der Waals surface area contributed by atoms with Crippen molar-refractivity contribution in [2.24, 2.45) is 5.16 Å². The van der Waals surface area contributed by atoms with Crippen LogP contribution >= 0.6 is 0 Å². The molecule has 1 aromatic carbocycles. The summed E-state index contributed by atoms with van der Waals surface area (Å²) in [6.45, 7) is 3.75. The van der Waals surface area contributed by atoms with Crippen molar-refractivity contribution < 1.29 is 28.5 Å². The van der Waals surface area contributed by atoms with Gasteiger partial charge in [0.2, 0.25) is 0 Å². The van der Waals surface area contributed by atoms with E-state index < -0.39 is 12.1 Å². The molecule has 5 atom stereocenters. The van der Waals surface area contributed by atoms with E-state index >= 15 is 0 Å². The SMILES string of the molecule is COc1ccc(CC2CC([C@H]3O[C@@H]4OC(C)(C)O[C@@H]4[C@H]3OC)=NO2)cc1. The normalized spacial score (nSPS) is 35.1. The molecule has 0 saturated carbocycles. The molecule has 0 amide bonds. The van der Waals surface area contributed by atoms with Gasteiger partial charge < -0.3 is 28.5 Å². The number of rotatable bonds is 5. The molecule has 0 aliphatic carbocycles. The quantitative estimate of drug-likeness (QED) is 0.800. The van der Waals surface area contributed by atoms with Gasteiger partial charge in [-0.2, -0.15) is 0 Å². The number of nitrogens with zero attached hydrogens (tertiary/aromatic N) is 1. The van der Waals surface area contributed by atoms with Gasteiger partial charge >= 0.3 is 0 Å². The van der Waals surface area contributed by atoms with Gasteiger partial charge in [-0.05, 0) is 31.5 Å². The zero-order valence-corrected chi connectivity index (χ0v) is 15.5. The first-order valence-corrected chi connectivity index (χ1v) is 8.88. The number of ether oxygens (including phenoxy) is 5. The highest BCUT2D eigenvalue weighted by molar-refractivity contribution is 5.90.